The van der Waals surface area contributed by atoms with E-state index in [0.29, 0.717) is 5.69 Å². The van der Waals surface area contributed by atoms with Crippen LogP contribution in [0.15, 0.2) is 30.5 Å². The average Bonchev–Trinajstić information content (AvgIpc) is 2.76. The Morgan fingerprint density at radius 1 is 1.30 bits per heavy atom. The number of benzene rings is 1. The van der Waals surface area contributed by atoms with E-state index in [1.54, 1.807) is 0 Å². The fraction of sp³-hybridized carbons (Fsp3) is 0.333. The molecule has 1 unspecified atom stereocenters. The molecular formula is C15H20N4O. The third-order valence-electron chi connectivity index (χ3n) is 4.02. The summed E-state index contributed by atoms with van der Waals surface area (Å²) in [5.41, 5.74) is 4.27. The molecule has 0 saturated heterocycles. The maximum atomic E-state index is 9.32. The van der Waals surface area contributed by atoms with Gasteiger partial charge in [-0.1, -0.05) is 6.08 Å². The SMILES string of the molecule is CN1CC=C(c2cn(C)c3cc([NH+]([NH-])O)ccc23)CC1. The van der Waals surface area contributed by atoms with Crippen molar-refractivity contribution < 1.29 is 10.4 Å². The van der Waals surface area contributed by atoms with Gasteiger partial charge in [-0.25, -0.2) is 10.4 Å². The zero-order valence-electron chi connectivity index (χ0n) is 11.8. The van der Waals surface area contributed by atoms with Crippen LogP contribution in [0.1, 0.15) is 12.0 Å². The Morgan fingerprint density at radius 3 is 2.75 bits per heavy atom. The number of hydrogen-bond acceptors (Lipinski definition) is 2. The zero-order chi connectivity index (χ0) is 14.3. The molecule has 0 fully saturated rings. The number of likely N-dealkylation sites (N-methyl/N-ethyl adjacent to an activating group) is 1. The first-order valence-electron chi connectivity index (χ1n) is 6.81. The lowest BCUT2D eigenvalue weighted by atomic mass is 9.99. The molecule has 3 N–H and O–H groups in total. The third kappa shape index (κ3) is 2.25. The largest absolute Gasteiger partial charge is 0.429 e. The van der Waals surface area contributed by atoms with Gasteiger partial charge < -0.3 is 15.3 Å². The zero-order valence-corrected chi connectivity index (χ0v) is 11.8. The van der Waals surface area contributed by atoms with Crippen molar-refractivity contribution >= 4 is 22.2 Å². The van der Waals surface area contributed by atoms with E-state index in [1.165, 1.54) is 16.5 Å². The monoisotopic (exact) mass is 272 g/mol. The molecule has 106 valence electrons. The topological polar surface area (TPSA) is 56.6 Å². The summed E-state index contributed by atoms with van der Waals surface area (Å²) in [5, 5.41) is 10.1. The van der Waals surface area contributed by atoms with Crippen LogP contribution in [0.5, 0.6) is 0 Å². The van der Waals surface area contributed by atoms with Gasteiger partial charge in [0.1, 0.15) is 0 Å². The van der Waals surface area contributed by atoms with E-state index in [9.17, 15) is 5.21 Å². The van der Waals surface area contributed by atoms with Crippen LogP contribution in [-0.2, 0) is 7.05 Å². The highest BCUT2D eigenvalue weighted by Gasteiger charge is 2.15. The number of aromatic nitrogens is 1. The van der Waals surface area contributed by atoms with Crippen LogP contribution in [0.2, 0.25) is 0 Å². The van der Waals surface area contributed by atoms with Crippen molar-refractivity contribution in [3.05, 3.63) is 41.9 Å². The lowest BCUT2D eigenvalue weighted by Crippen LogP contribution is -2.97. The molecule has 0 aliphatic carbocycles. The predicted molar refractivity (Wildman–Crippen MR) is 79.7 cm³/mol. The van der Waals surface area contributed by atoms with Gasteiger partial charge >= 0.3 is 0 Å². The summed E-state index contributed by atoms with van der Waals surface area (Å²) in [4.78, 5) is 2.31. The number of rotatable bonds is 2. The number of quaternary nitrogens is 1. The van der Waals surface area contributed by atoms with Crippen molar-refractivity contribution in [1.82, 2.24) is 9.47 Å². The first-order chi connectivity index (χ1) is 9.56. The first kappa shape index (κ1) is 13.3. The molecule has 0 radical (unpaired) electrons. The van der Waals surface area contributed by atoms with Crippen molar-refractivity contribution in [3.8, 4) is 0 Å². The Morgan fingerprint density at radius 2 is 2.10 bits per heavy atom. The molecule has 0 bridgehead atoms. The van der Waals surface area contributed by atoms with E-state index in [4.69, 9.17) is 5.84 Å². The van der Waals surface area contributed by atoms with Gasteiger partial charge in [-0.3, -0.25) is 0 Å². The van der Waals surface area contributed by atoms with Gasteiger partial charge in [0.2, 0.25) is 0 Å². The normalized spacial score (nSPS) is 18.3. The quantitative estimate of drug-likeness (QED) is 0.819. The van der Waals surface area contributed by atoms with Crippen LogP contribution in [0, 0.1) is 0 Å². The molecule has 0 amide bonds. The highest BCUT2D eigenvalue weighted by atomic mass is 16.5. The smallest absolute Gasteiger partial charge is 0.155 e. The summed E-state index contributed by atoms with van der Waals surface area (Å²) in [6.45, 7) is 2.08. The highest BCUT2D eigenvalue weighted by molar-refractivity contribution is 5.94. The fourth-order valence-electron chi connectivity index (χ4n) is 2.80. The molecule has 1 aliphatic heterocycles. The molecule has 1 atom stereocenters. The van der Waals surface area contributed by atoms with Crippen molar-refractivity contribution in [2.24, 2.45) is 7.05 Å². The van der Waals surface area contributed by atoms with E-state index in [-0.39, 0.29) is 5.17 Å². The van der Waals surface area contributed by atoms with E-state index < -0.39 is 0 Å². The second kappa shape index (κ2) is 5.03. The lowest BCUT2D eigenvalue weighted by molar-refractivity contribution is -0.991. The summed E-state index contributed by atoms with van der Waals surface area (Å²) in [7, 11) is 4.14. The van der Waals surface area contributed by atoms with Crippen LogP contribution >= 0.6 is 0 Å². The molecule has 1 aromatic carbocycles. The van der Waals surface area contributed by atoms with Crippen molar-refractivity contribution in [2.75, 3.05) is 20.1 Å². The molecule has 0 spiro atoms. The van der Waals surface area contributed by atoms with Crippen molar-refractivity contribution in [3.63, 3.8) is 0 Å². The Balaban J connectivity index is 2.09. The van der Waals surface area contributed by atoms with E-state index in [1.807, 2.05) is 25.2 Å². The molecule has 0 saturated carbocycles. The number of fused-ring (bicyclic) bond motifs is 1. The Kier molecular flexibility index (Phi) is 3.35. The Bertz CT molecular complexity index is 672. The minimum Gasteiger partial charge on any atom is -0.429 e. The summed E-state index contributed by atoms with van der Waals surface area (Å²) >= 11 is 0. The molecule has 2 heterocycles. The number of hydrogen-bond donors (Lipinski definition) is 2. The minimum absolute atomic E-state index is 0.381. The predicted octanol–water partition coefficient (Wildman–Crippen LogP) is 1.77. The molecule has 1 aliphatic rings. The van der Waals surface area contributed by atoms with Crippen LogP contribution in [0.3, 0.4) is 0 Å². The van der Waals surface area contributed by atoms with E-state index >= 15 is 0 Å². The summed E-state index contributed by atoms with van der Waals surface area (Å²) in [5.74, 6) is 7.34. The Hall–Kier alpha value is -1.66. The summed E-state index contributed by atoms with van der Waals surface area (Å²) in [6.07, 6.45) is 5.50. The van der Waals surface area contributed by atoms with Gasteiger partial charge in [-0.2, -0.15) is 0 Å². The fourth-order valence-corrected chi connectivity index (χ4v) is 2.80. The molecule has 5 heteroatoms. The van der Waals surface area contributed by atoms with Gasteiger partial charge in [0.05, 0.1) is 5.52 Å². The maximum absolute atomic E-state index is 9.32. The van der Waals surface area contributed by atoms with Crippen LogP contribution < -0.4 is 5.17 Å². The molecule has 2 aromatic rings. The molecular weight excluding hydrogens is 252 g/mol. The molecule has 1 aromatic heterocycles. The van der Waals surface area contributed by atoms with Gasteiger partial charge in [0.15, 0.2) is 5.69 Å². The average molecular weight is 272 g/mol. The standard InChI is InChI=1S/C15H20N4O/c1-17-7-5-11(6-8-17)14-10-18(2)15-9-12(19(16)20)3-4-13(14)15/h3-5,9-10,16,19-20H,6-8H2,1-2H3. The Labute approximate surface area is 118 Å². The van der Waals surface area contributed by atoms with Gasteiger partial charge in [-0.05, 0) is 25.1 Å². The van der Waals surface area contributed by atoms with Crippen LogP contribution in [0.25, 0.3) is 22.3 Å². The van der Waals surface area contributed by atoms with Gasteiger partial charge in [0, 0.05) is 49.4 Å². The molecule has 20 heavy (non-hydrogen) atoms. The number of nitrogens with one attached hydrogen (secondary N) is 2. The first-order valence-corrected chi connectivity index (χ1v) is 6.81. The number of aryl methyl sites for hydroxylation is 1. The maximum Gasteiger partial charge on any atom is 0.155 e. The van der Waals surface area contributed by atoms with E-state index in [2.05, 4.69) is 28.8 Å². The van der Waals surface area contributed by atoms with Gasteiger partial charge in [-0.15, -0.1) is 0 Å². The number of nitrogens with zero attached hydrogens (tertiary/aromatic N) is 2. The highest BCUT2D eigenvalue weighted by Crippen LogP contribution is 2.31. The van der Waals surface area contributed by atoms with Gasteiger partial charge in [0.25, 0.3) is 0 Å². The molecule has 3 rings (SSSR count). The second-order valence-electron chi connectivity index (χ2n) is 5.48. The van der Waals surface area contributed by atoms with Crippen LogP contribution in [0.4, 0.5) is 5.69 Å². The van der Waals surface area contributed by atoms with Crippen molar-refractivity contribution in [1.29, 1.82) is 0 Å². The van der Waals surface area contributed by atoms with E-state index in [0.717, 1.165) is 25.0 Å². The molecule has 5 nitrogen and oxygen atoms in total. The lowest BCUT2D eigenvalue weighted by Gasteiger charge is -2.21. The van der Waals surface area contributed by atoms with Crippen LogP contribution in [-0.4, -0.2) is 34.8 Å². The third-order valence-corrected chi connectivity index (χ3v) is 4.02. The minimum atomic E-state index is -0.381. The second-order valence-corrected chi connectivity index (χ2v) is 5.48. The van der Waals surface area contributed by atoms with Crippen molar-refractivity contribution in [2.45, 2.75) is 6.42 Å². The summed E-state index contributed by atoms with van der Waals surface area (Å²) in [6, 6.07) is 5.68. The summed E-state index contributed by atoms with van der Waals surface area (Å²) < 4.78 is 2.07.